The van der Waals surface area contributed by atoms with Gasteiger partial charge >= 0.3 is 5.97 Å². The molecule has 4 nitrogen and oxygen atoms in total. The van der Waals surface area contributed by atoms with Crippen molar-refractivity contribution in [2.45, 2.75) is 19.6 Å². The van der Waals surface area contributed by atoms with Gasteiger partial charge in [-0.25, -0.2) is 0 Å². The Morgan fingerprint density at radius 1 is 1.50 bits per heavy atom. The van der Waals surface area contributed by atoms with Crippen LogP contribution in [0, 0.1) is 6.92 Å². The monoisotopic (exact) mass is 195 g/mol. The molecule has 3 N–H and O–H groups in total. The summed E-state index contributed by atoms with van der Waals surface area (Å²) in [6, 6.07) is 7.28. The first-order valence-corrected chi connectivity index (χ1v) is 4.28. The van der Waals surface area contributed by atoms with Gasteiger partial charge in [0.25, 0.3) is 0 Å². The van der Waals surface area contributed by atoms with Crippen molar-refractivity contribution in [2.75, 3.05) is 0 Å². The first kappa shape index (κ1) is 10.5. The second-order valence-corrected chi connectivity index (χ2v) is 3.07. The van der Waals surface area contributed by atoms with E-state index in [0.717, 1.165) is 5.56 Å². The summed E-state index contributed by atoms with van der Waals surface area (Å²) in [5.41, 5.74) is 6.56. The average molecular weight is 195 g/mol. The first-order valence-electron chi connectivity index (χ1n) is 4.28. The van der Waals surface area contributed by atoms with E-state index in [1.807, 2.05) is 19.1 Å². The lowest BCUT2D eigenvalue weighted by Gasteiger charge is -2.12. The van der Waals surface area contributed by atoms with Crippen molar-refractivity contribution < 1.29 is 14.6 Å². The standard InChI is InChI=1S/C10H13NO3/c1-7-2-4-8(5-3-7)14-9(11)6-10(12)13/h2-5,9H,6,11H2,1H3,(H,12,13). The van der Waals surface area contributed by atoms with E-state index in [1.165, 1.54) is 0 Å². The number of hydrogen-bond acceptors (Lipinski definition) is 3. The van der Waals surface area contributed by atoms with E-state index in [2.05, 4.69) is 0 Å². The van der Waals surface area contributed by atoms with Crippen LogP contribution in [0.15, 0.2) is 24.3 Å². The Bertz CT molecular complexity index is 308. The van der Waals surface area contributed by atoms with E-state index in [9.17, 15) is 4.79 Å². The van der Waals surface area contributed by atoms with Crippen molar-refractivity contribution in [1.82, 2.24) is 0 Å². The van der Waals surface area contributed by atoms with Gasteiger partial charge in [-0.05, 0) is 19.1 Å². The maximum Gasteiger partial charge on any atom is 0.308 e. The van der Waals surface area contributed by atoms with Crippen LogP contribution in [0.25, 0.3) is 0 Å². The summed E-state index contributed by atoms with van der Waals surface area (Å²) < 4.78 is 5.18. The Morgan fingerprint density at radius 2 is 2.07 bits per heavy atom. The number of aliphatic carboxylic acids is 1. The van der Waals surface area contributed by atoms with Crippen LogP contribution < -0.4 is 10.5 Å². The van der Waals surface area contributed by atoms with Gasteiger partial charge in [-0.3, -0.25) is 10.5 Å². The quantitative estimate of drug-likeness (QED) is 0.706. The summed E-state index contributed by atoms with van der Waals surface area (Å²) in [6.07, 6.45) is -0.997. The van der Waals surface area contributed by atoms with E-state index < -0.39 is 12.2 Å². The molecule has 0 saturated carbocycles. The normalized spacial score (nSPS) is 12.1. The van der Waals surface area contributed by atoms with Gasteiger partial charge in [0.1, 0.15) is 5.75 Å². The van der Waals surface area contributed by atoms with Gasteiger partial charge in [-0.1, -0.05) is 17.7 Å². The number of hydrogen-bond donors (Lipinski definition) is 2. The molecule has 1 atom stereocenters. The van der Waals surface area contributed by atoms with Crippen LogP contribution >= 0.6 is 0 Å². The third-order valence-electron chi connectivity index (χ3n) is 1.68. The Balaban J connectivity index is 2.51. The summed E-state index contributed by atoms with van der Waals surface area (Å²) in [4.78, 5) is 10.3. The maximum absolute atomic E-state index is 10.3. The van der Waals surface area contributed by atoms with Crippen molar-refractivity contribution in [3.05, 3.63) is 29.8 Å². The molecule has 1 aromatic carbocycles. The third-order valence-corrected chi connectivity index (χ3v) is 1.68. The molecule has 0 radical (unpaired) electrons. The minimum Gasteiger partial charge on any atom is -0.481 e. The third kappa shape index (κ3) is 3.45. The highest BCUT2D eigenvalue weighted by atomic mass is 16.5. The number of carboxylic acid groups (broad SMARTS) is 1. The number of nitrogens with two attached hydrogens (primary N) is 1. The second kappa shape index (κ2) is 4.62. The van der Waals surface area contributed by atoms with Crippen LogP contribution in [-0.2, 0) is 4.79 Å². The van der Waals surface area contributed by atoms with Crippen molar-refractivity contribution in [1.29, 1.82) is 0 Å². The van der Waals surface area contributed by atoms with Crippen molar-refractivity contribution in [3.8, 4) is 5.75 Å². The lowest BCUT2D eigenvalue weighted by atomic mass is 10.2. The smallest absolute Gasteiger partial charge is 0.308 e. The van der Waals surface area contributed by atoms with Crippen LogP contribution in [0.1, 0.15) is 12.0 Å². The predicted molar refractivity (Wildman–Crippen MR) is 52.0 cm³/mol. The molecule has 0 amide bonds. The van der Waals surface area contributed by atoms with Gasteiger partial charge in [0.15, 0.2) is 6.23 Å². The predicted octanol–water partition coefficient (Wildman–Crippen LogP) is 1.13. The summed E-state index contributed by atoms with van der Waals surface area (Å²) in [6.45, 7) is 1.96. The molecule has 0 aliphatic heterocycles. The number of carboxylic acids is 1. The van der Waals surface area contributed by atoms with Crippen molar-refractivity contribution >= 4 is 5.97 Å². The lowest BCUT2D eigenvalue weighted by molar-refractivity contribution is -0.138. The fourth-order valence-corrected chi connectivity index (χ4v) is 1.01. The molecule has 0 spiro atoms. The Labute approximate surface area is 82.3 Å². The fraction of sp³-hybridized carbons (Fsp3) is 0.300. The molecule has 0 aliphatic carbocycles. The highest BCUT2D eigenvalue weighted by molar-refractivity contribution is 5.67. The molecule has 4 heteroatoms. The number of benzene rings is 1. The van der Waals surface area contributed by atoms with Crippen LogP contribution in [-0.4, -0.2) is 17.3 Å². The van der Waals surface area contributed by atoms with E-state index in [0.29, 0.717) is 5.75 Å². The number of ether oxygens (including phenoxy) is 1. The summed E-state index contributed by atoms with van der Waals surface area (Å²) in [7, 11) is 0. The molecule has 76 valence electrons. The molecule has 0 aliphatic rings. The van der Waals surface area contributed by atoms with Crippen LogP contribution in [0.5, 0.6) is 5.75 Å². The number of aryl methyl sites for hydroxylation is 1. The van der Waals surface area contributed by atoms with Crippen LogP contribution in [0.3, 0.4) is 0 Å². The van der Waals surface area contributed by atoms with E-state index in [1.54, 1.807) is 12.1 Å². The molecule has 1 aromatic rings. The zero-order chi connectivity index (χ0) is 10.6. The Morgan fingerprint density at radius 3 is 2.57 bits per heavy atom. The molecule has 0 bridgehead atoms. The molecule has 14 heavy (non-hydrogen) atoms. The molecular weight excluding hydrogens is 182 g/mol. The number of rotatable bonds is 4. The molecule has 1 rings (SSSR count). The Kier molecular flexibility index (Phi) is 3.48. The van der Waals surface area contributed by atoms with E-state index in [-0.39, 0.29) is 6.42 Å². The molecule has 0 saturated heterocycles. The molecule has 1 unspecified atom stereocenters. The van der Waals surface area contributed by atoms with Gasteiger partial charge < -0.3 is 9.84 Å². The molecule has 0 aromatic heterocycles. The van der Waals surface area contributed by atoms with Gasteiger partial charge in [-0.15, -0.1) is 0 Å². The first-order chi connectivity index (χ1) is 6.58. The highest BCUT2D eigenvalue weighted by Gasteiger charge is 2.08. The summed E-state index contributed by atoms with van der Waals surface area (Å²) >= 11 is 0. The fourth-order valence-electron chi connectivity index (χ4n) is 1.01. The minimum absolute atomic E-state index is 0.201. The Hall–Kier alpha value is -1.55. The average Bonchev–Trinajstić information content (AvgIpc) is 2.07. The largest absolute Gasteiger partial charge is 0.481 e. The molecular formula is C10H13NO3. The highest BCUT2D eigenvalue weighted by Crippen LogP contribution is 2.12. The van der Waals surface area contributed by atoms with E-state index in [4.69, 9.17) is 15.6 Å². The summed E-state index contributed by atoms with van der Waals surface area (Å²) in [5, 5.41) is 8.45. The topological polar surface area (TPSA) is 72.5 Å². The van der Waals surface area contributed by atoms with Gasteiger partial charge in [0, 0.05) is 0 Å². The zero-order valence-electron chi connectivity index (χ0n) is 7.93. The molecule has 0 heterocycles. The zero-order valence-corrected chi connectivity index (χ0v) is 7.93. The summed E-state index contributed by atoms with van der Waals surface area (Å²) in [5.74, 6) is -0.381. The maximum atomic E-state index is 10.3. The van der Waals surface area contributed by atoms with Crippen molar-refractivity contribution in [2.24, 2.45) is 5.73 Å². The number of carbonyl (C=O) groups is 1. The van der Waals surface area contributed by atoms with Crippen molar-refractivity contribution in [3.63, 3.8) is 0 Å². The second-order valence-electron chi connectivity index (χ2n) is 3.07. The molecule has 0 fully saturated rings. The van der Waals surface area contributed by atoms with Gasteiger partial charge in [0.05, 0.1) is 6.42 Å². The van der Waals surface area contributed by atoms with Crippen LogP contribution in [0.2, 0.25) is 0 Å². The van der Waals surface area contributed by atoms with Gasteiger partial charge in [-0.2, -0.15) is 0 Å². The SMILES string of the molecule is Cc1ccc(OC(N)CC(=O)O)cc1. The van der Waals surface area contributed by atoms with E-state index >= 15 is 0 Å². The van der Waals surface area contributed by atoms with Gasteiger partial charge in [0.2, 0.25) is 0 Å². The lowest BCUT2D eigenvalue weighted by Crippen LogP contribution is -2.29. The minimum atomic E-state index is -0.968. The van der Waals surface area contributed by atoms with Crippen LogP contribution in [0.4, 0.5) is 0 Å².